The first kappa shape index (κ1) is 22.2. The van der Waals surface area contributed by atoms with Gasteiger partial charge < -0.3 is 10.1 Å². The van der Waals surface area contributed by atoms with E-state index in [9.17, 15) is 8.42 Å². The third-order valence-electron chi connectivity index (χ3n) is 4.05. The third-order valence-corrected chi connectivity index (χ3v) is 7.15. The molecule has 2 aromatic rings. The molecule has 0 heterocycles. The van der Waals surface area contributed by atoms with Gasteiger partial charge in [-0.15, -0.1) is 0 Å². The number of nitrogens with one attached hydrogen (secondary N) is 2. The van der Waals surface area contributed by atoms with E-state index in [1.807, 2.05) is 30.3 Å². The average Bonchev–Trinajstić information content (AvgIpc) is 2.64. The molecular formula is C19H24Br2N2O3S. The number of rotatable bonds is 10. The first-order valence-electron chi connectivity index (χ1n) is 8.71. The van der Waals surface area contributed by atoms with Gasteiger partial charge in [0.05, 0.1) is 16.5 Å². The van der Waals surface area contributed by atoms with E-state index in [0.29, 0.717) is 21.2 Å². The maximum atomic E-state index is 13.0. The normalized spacial score (nSPS) is 12.6. The van der Waals surface area contributed by atoms with Crippen LogP contribution >= 0.6 is 31.9 Å². The molecule has 2 N–H and O–H groups in total. The first-order chi connectivity index (χ1) is 12.9. The minimum absolute atomic E-state index is 0.156. The Bertz CT molecular complexity index is 846. The van der Waals surface area contributed by atoms with Crippen LogP contribution in [0.1, 0.15) is 26.2 Å². The van der Waals surface area contributed by atoms with Gasteiger partial charge in [0, 0.05) is 28.8 Å². The van der Waals surface area contributed by atoms with Gasteiger partial charge in [0.25, 0.3) is 0 Å². The van der Waals surface area contributed by atoms with Crippen molar-refractivity contribution in [3.63, 3.8) is 0 Å². The van der Waals surface area contributed by atoms with Crippen molar-refractivity contribution in [3.8, 4) is 5.75 Å². The molecule has 27 heavy (non-hydrogen) atoms. The van der Waals surface area contributed by atoms with Crippen LogP contribution in [-0.2, 0) is 10.0 Å². The van der Waals surface area contributed by atoms with Crippen LogP contribution in [0.25, 0.3) is 0 Å². The summed E-state index contributed by atoms with van der Waals surface area (Å²) in [5.74, 6) is 0.464. The number of anilines is 1. The predicted octanol–water partition coefficient (Wildman–Crippen LogP) is 5.17. The minimum atomic E-state index is -3.71. The molecule has 0 aliphatic carbocycles. The van der Waals surface area contributed by atoms with Gasteiger partial charge in [-0.1, -0.05) is 38.0 Å². The molecule has 0 aliphatic heterocycles. The van der Waals surface area contributed by atoms with Gasteiger partial charge in [0.2, 0.25) is 10.0 Å². The summed E-state index contributed by atoms with van der Waals surface area (Å²) in [5, 5.41) is 3.30. The van der Waals surface area contributed by atoms with Crippen molar-refractivity contribution in [2.24, 2.45) is 0 Å². The number of ether oxygens (including phenoxy) is 1. The van der Waals surface area contributed by atoms with Crippen molar-refractivity contribution in [2.75, 3.05) is 19.0 Å². The standard InChI is InChI=1S/C19H24Br2N2O3S/c1-3-4-8-15(13-22-14-9-6-5-7-10-14)23-27(24,25)19-12-18(26-2)16(20)11-17(19)21/h5-7,9-12,15,22-23H,3-4,8,13H2,1-2H3. The van der Waals surface area contributed by atoms with Crippen LogP contribution in [-0.4, -0.2) is 28.1 Å². The molecule has 0 saturated carbocycles. The Balaban J connectivity index is 2.19. The number of methoxy groups -OCH3 is 1. The molecule has 0 aromatic heterocycles. The lowest BCUT2D eigenvalue weighted by Gasteiger charge is -2.21. The van der Waals surface area contributed by atoms with Crippen LogP contribution in [0.4, 0.5) is 5.69 Å². The molecule has 1 unspecified atom stereocenters. The molecular weight excluding hydrogens is 496 g/mol. The Morgan fingerprint density at radius 1 is 1.11 bits per heavy atom. The number of hydrogen-bond donors (Lipinski definition) is 2. The summed E-state index contributed by atoms with van der Waals surface area (Å²) in [6.45, 7) is 2.60. The average molecular weight is 520 g/mol. The second kappa shape index (κ2) is 10.5. The zero-order chi connectivity index (χ0) is 19.9. The van der Waals surface area contributed by atoms with Crippen LogP contribution in [0.3, 0.4) is 0 Å². The van der Waals surface area contributed by atoms with Crippen molar-refractivity contribution in [1.29, 1.82) is 0 Å². The summed E-state index contributed by atoms with van der Waals surface area (Å²) in [5.41, 5.74) is 0.963. The molecule has 0 amide bonds. The number of halogens is 2. The fourth-order valence-electron chi connectivity index (χ4n) is 2.61. The summed E-state index contributed by atoms with van der Waals surface area (Å²) in [4.78, 5) is 0.156. The van der Waals surface area contributed by atoms with Gasteiger partial charge >= 0.3 is 0 Å². The Kier molecular flexibility index (Phi) is 8.60. The van der Waals surface area contributed by atoms with E-state index in [4.69, 9.17) is 4.74 Å². The van der Waals surface area contributed by atoms with Gasteiger partial charge in [0.1, 0.15) is 5.75 Å². The van der Waals surface area contributed by atoms with Crippen LogP contribution in [0, 0.1) is 0 Å². The lowest BCUT2D eigenvalue weighted by atomic mass is 10.1. The molecule has 2 aromatic carbocycles. The molecule has 0 radical (unpaired) electrons. The zero-order valence-electron chi connectivity index (χ0n) is 15.3. The summed E-state index contributed by atoms with van der Waals surface area (Å²) < 4.78 is 35.2. The van der Waals surface area contributed by atoms with Gasteiger partial charge in [-0.25, -0.2) is 13.1 Å². The monoisotopic (exact) mass is 518 g/mol. The number of hydrogen-bond acceptors (Lipinski definition) is 4. The summed E-state index contributed by atoms with van der Waals surface area (Å²) in [7, 11) is -2.21. The quantitative estimate of drug-likeness (QED) is 0.454. The largest absolute Gasteiger partial charge is 0.496 e. The van der Waals surface area contributed by atoms with Gasteiger partial charge in [-0.2, -0.15) is 0 Å². The highest BCUT2D eigenvalue weighted by Gasteiger charge is 2.24. The molecule has 5 nitrogen and oxygen atoms in total. The van der Waals surface area contributed by atoms with E-state index in [-0.39, 0.29) is 10.9 Å². The van der Waals surface area contributed by atoms with E-state index in [0.717, 1.165) is 24.9 Å². The Morgan fingerprint density at radius 3 is 2.44 bits per heavy atom. The van der Waals surface area contributed by atoms with Crippen molar-refractivity contribution in [1.82, 2.24) is 4.72 Å². The second-order valence-electron chi connectivity index (χ2n) is 6.12. The number of sulfonamides is 1. The number of benzene rings is 2. The van der Waals surface area contributed by atoms with Crippen molar-refractivity contribution >= 4 is 47.6 Å². The first-order valence-corrected chi connectivity index (χ1v) is 11.8. The maximum absolute atomic E-state index is 13.0. The van der Waals surface area contributed by atoms with Crippen molar-refractivity contribution < 1.29 is 13.2 Å². The zero-order valence-corrected chi connectivity index (χ0v) is 19.3. The van der Waals surface area contributed by atoms with Crippen LogP contribution in [0.5, 0.6) is 5.75 Å². The minimum Gasteiger partial charge on any atom is -0.496 e. The summed E-state index contributed by atoms with van der Waals surface area (Å²) >= 11 is 6.71. The topological polar surface area (TPSA) is 67.4 Å². The molecule has 148 valence electrons. The van der Waals surface area contributed by atoms with Gasteiger partial charge in [0.15, 0.2) is 0 Å². The van der Waals surface area contributed by atoms with Crippen LogP contribution in [0.15, 0.2) is 56.3 Å². The Labute approximate surface area is 178 Å². The van der Waals surface area contributed by atoms with E-state index in [1.54, 1.807) is 6.07 Å². The molecule has 0 bridgehead atoms. The fraction of sp³-hybridized carbons (Fsp3) is 0.368. The molecule has 0 spiro atoms. The SMILES string of the molecule is CCCCC(CNc1ccccc1)NS(=O)(=O)c1cc(OC)c(Br)cc1Br. The third kappa shape index (κ3) is 6.48. The van der Waals surface area contributed by atoms with Crippen LogP contribution < -0.4 is 14.8 Å². The highest BCUT2D eigenvalue weighted by atomic mass is 79.9. The summed E-state index contributed by atoms with van der Waals surface area (Å²) in [6, 6.07) is 12.7. The smallest absolute Gasteiger partial charge is 0.242 e. The van der Waals surface area contributed by atoms with E-state index in [2.05, 4.69) is 48.8 Å². The van der Waals surface area contributed by atoms with Crippen molar-refractivity contribution in [3.05, 3.63) is 51.4 Å². The van der Waals surface area contributed by atoms with E-state index < -0.39 is 10.0 Å². The number of para-hydroxylation sites is 1. The lowest BCUT2D eigenvalue weighted by molar-refractivity contribution is 0.410. The lowest BCUT2D eigenvalue weighted by Crippen LogP contribution is -2.39. The van der Waals surface area contributed by atoms with E-state index in [1.165, 1.54) is 13.2 Å². The number of unbranched alkanes of at least 4 members (excludes halogenated alkanes) is 1. The second-order valence-corrected chi connectivity index (χ2v) is 9.52. The molecule has 1 atom stereocenters. The predicted molar refractivity (Wildman–Crippen MR) is 117 cm³/mol. The fourth-order valence-corrected chi connectivity index (χ4v) is 5.75. The molecule has 0 fully saturated rings. The molecule has 0 aliphatic rings. The van der Waals surface area contributed by atoms with Crippen molar-refractivity contribution in [2.45, 2.75) is 37.1 Å². The van der Waals surface area contributed by atoms with Gasteiger partial charge in [-0.05, 0) is 56.5 Å². The summed E-state index contributed by atoms with van der Waals surface area (Å²) in [6.07, 6.45) is 2.69. The van der Waals surface area contributed by atoms with E-state index >= 15 is 0 Å². The van der Waals surface area contributed by atoms with Gasteiger partial charge in [-0.3, -0.25) is 0 Å². The Hall–Kier alpha value is -1.09. The highest BCUT2D eigenvalue weighted by molar-refractivity contribution is 9.11. The maximum Gasteiger partial charge on any atom is 0.242 e. The molecule has 0 saturated heterocycles. The molecule has 8 heteroatoms. The Morgan fingerprint density at radius 2 is 1.81 bits per heavy atom. The molecule has 2 rings (SSSR count). The van der Waals surface area contributed by atoms with Crippen LogP contribution in [0.2, 0.25) is 0 Å². The highest BCUT2D eigenvalue weighted by Crippen LogP contribution is 2.34.